The zero-order valence-corrected chi connectivity index (χ0v) is 23.2. The number of nitrogens with one attached hydrogen (secondary N) is 1. The second-order valence-electron chi connectivity index (χ2n) is 10.2. The first-order valence-corrected chi connectivity index (χ1v) is 13.5. The highest BCUT2D eigenvalue weighted by Gasteiger charge is 2.23. The van der Waals surface area contributed by atoms with Gasteiger partial charge in [-0.2, -0.15) is 0 Å². The summed E-state index contributed by atoms with van der Waals surface area (Å²) in [5.41, 5.74) is 14.0. The Morgan fingerprint density at radius 1 is 1.10 bits per heavy atom. The molecule has 0 bridgehead atoms. The lowest BCUT2D eigenvalue weighted by Crippen LogP contribution is -2.42. The van der Waals surface area contributed by atoms with E-state index in [-0.39, 0.29) is 43.6 Å². The number of amides is 1. The van der Waals surface area contributed by atoms with E-state index in [1.807, 2.05) is 38.1 Å². The fourth-order valence-electron chi connectivity index (χ4n) is 4.79. The zero-order chi connectivity index (χ0) is 30.1. The van der Waals surface area contributed by atoms with E-state index in [0.717, 1.165) is 27.7 Å². The van der Waals surface area contributed by atoms with Crippen LogP contribution in [0.5, 0.6) is 0 Å². The summed E-state index contributed by atoms with van der Waals surface area (Å²) in [6, 6.07) is 13.0. The van der Waals surface area contributed by atoms with E-state index in [1.165, 1.54) is 12.1 Å². The smallest absolute Gasteiger partial charge is 0.326 e. The maximum atomic E-state index is 13.7. The molecule has 220 valence electrons. The summed E-state index contributed by atoms with van der Waals surface area (Å²) in [5.74, 6) is -2.30. The van der Waals surface area contributed by atoms with Crippen LogP contribution in [0.25, 0.3) is 28.1 Å². The molecule has 3 atom stereocenters. The maximum Gasteiger partial charge on any atom is 0.326 e. The van der Waals surface area contributed by atoms with Crippen molar-refractivity contribution in [3.8, 4) is 11.1 Å². The number of para-hydroxylation sites is 1. The van der Waals surface area contributed by atoms with Crippen molar-refractivity contribution < 1.29 is 29.3 Å². The largest absolute Gasteiger partial charge is 0.480 e. The maximum absolute atomic E-state index is 13.7. The highest BCUT2D eigenvalue weighted by molar-refractivity contribution is 6.01. The molecule has 0 aliphatic carbocycles. The Morgan fingerprint density at radius 2 is 1.78 bits per heavy atom. The molecule has 0 radical (unpaired) electrons. The number of guanidine groups is 1. The summed E-state index contributed by atoms with van der Waals surface area (Å²) < 4.78 is 15.8. The van der Waals surface area contributed by atoms with Crippen molar-refractivity contribution >= 4 is 34.8 Å². The van der Waals surface area contributed by atoms with Crippen LogP contribution >= 0.6 is 0 Å². The Bertz CT molecular complexity index is 1400. The number of aliphatic hydroxyl groups excluding tert-OH is 2. The number of aliphatic carboxylic acids is 1. The van der Waals surface area contributed by atoms with E-state index in [9.17, 15) is 29.3 Å². The molecule has 0 spiro atoms. The topological polar surface area (TPSA) is 176 Å². The van der Waals surface area contributed by atoms with Crippen molar-refractivity contribution in [2.45, 2.75) is 63.8 Å². The third kappa shape index (κ3) is 8.63. The molecule has 0 fully saturated rings. The molecule has 41 heavy (non-hydrogen) atoms. The lowest BCUT2D eigenvalue weighted by Gasteiger charge is -2.17. The summed E-state index contributed by atoms with van der Waals surface area (Å²) in [6.07, 6.45) is 0.951. The summed E-state index contributed by atoms with van der Waals surface area (Å²) in [7, 11) is 0. The van der Waals surface area contributed by atoms with Crippen LogP contribution in [0.2, 0.25) is 0 Å². The Labute approximate surface area is 238 Å². The molecule has 0 saturated carbocycles. The molecule has 8 N–H and O–H groups in total. The van der Waals surface area contributed by atoms with E-state index in [4.69, 9.17) is 11.5 Å². The molecule has 3 aromatic rings. The number of nitrogens with zero attached hydrogens (tertiary/aromatic N) is 2. The van der Waals surface area contributed by atoms with E-state index in [2.05, 4.69) is 14.9 Å². The van der Waals surface area contributed by atoms with Gasteiger partial charge in [0.1, 0.15) is 11.9 Å². The summed E-state index contributed by atoms with van der Waals surface area (Å²) >= 11 is 0. The van der Waals surface area contributed by atoms with Gasteiger partial charge in [-0.25, -0.2) is 9.18 Å². The molecule has 3 rings (SSSR count). The number of aromatic nitrogens is 1. The van der Waals surface area contributed by atoms with E-state index in [1.54, 1.807) is 24.3 Å². The van der Waals surface area contributed by atoms with Crippen LogP contribution in [0.15, 0.2) is 59.6 Å². The first kappa shape index (κ1) is 31.3. The summed E-state index contributed by atoms with van der Waals surface area (Å²) in [5, 5.41) is 33.9. The second-order valence-corrected chi connectivity index (χ2v) is 10.2. The van der Waals surface area contributed by atoms with Crippen molar-refractivity contribution in [3.05, 3.63) is 66.1 Å². The van der Waals surface area contributed by atoms with Gasteiger partial charge in [-0.3, -0.25) is 9.79 Å². The van der Waals surface area contributed by atoms with Crippen molar-refractivity contribution in [2.24, 2.45) is 16.5 Å². The van der Waals surface area contributed by atoms with Gasteiger partial charge in [-0.05, 0) is 56.5 Å². The standard InChI is InChI=1S/C30H38FN5O5/c1-18(2)36-25-8-4-3-6-23(25)28(19-9-11-20(31)12-10-19)26(36)14-13-21(37)16-22(38)17-27(39)35-24(29(40)41)7-5-15-34-30(32)33/h3-4,6,8-14,18,21-22,24,37-38H,5,7,15-17H2,1-2H3,(H,35,39)(H,40,41)(H4,32,33,34)/t21-,22-,24?/m0/s1. The number of fused-ring (bicyclic) bond motifs is 1. The van der Waals surface area contributed by atoms with Gasteiger partial charge in [0.15, 0.2) is 5.96 Å². The summed E-state index contributed by atoms with van der Waals surface area (Å²) in [4.78, 5) is 27.7. The lowest BCUT2D eigenvalue weighted by molar-refractivity contribution is -0.142. The minimum Gasteiger partial charge on any atom is -0.480 e. The van der Waals surface area contributed by atoms with Gasteiger partial charge in [0.2, 0.25) is 5.91 Å². The van der Waals surface area contributed by atoms with Gasteiger partial charge in [0, 0.05) is 41.2 Å². The summed E-state index contributed by atoms with van der Waals surface area (Å²) in [6.45, 7) is 4.31. The lowest BCUT2D eigenvalue weighted by atomic mass is 10.0. The van der Waals surface area contributed by atoms with Gasteiger partial charge < -0.3 is 36.7 Å². The van der Waals surface area contributed by atoms with Gasteiger partial charge in [-0.15, -0.1) is 0 Å². The number of aliphatic imine (C=N–C) groups is 1. The monoisotopic (exact) mass is 567 g/mol. The van der Waals surface area contributed by atoms with Gasteiger partial charge >= 0.3 is 5.97 Å². The molecule has 1 heterocycles. The molecule has 0 aliphatic heterocycles. The molecule has 0 saturated heterocycles. The first-order chi connectivity index (χ1) is 19.5. The number of carbonyl (C=O) groups is 2. The van der Waals surface area contributed by atoms with Gasteiger partial charge in [0.25, 0.3) is 0 Å². The number of hydrogen-bond donors (Lipinski definition) is 6. The number of nitrogens with two attached hydrogens (primary N) is 2. The average Bonchev–Trinajstić information content (AvgIpc) is 3.23. The highest BCUT2D eigenvalue weighted by atomic mass is 19.1. The molecule has 1 aromatic heterocycles. The molecular weight excluding hydrogens is 529 g/mol. The third-order valence-electron chi connectivity index (χ3n) is 6.59. The number of aliphatic hydroxyl groups is 2. The van der Waals surface area contributed by atoms with Crippen LogP contribution in [-0.4, -0.2) is 62.5 Å². The van der Waals surface area contributed by atoms with Crippen molar-refractivity contribution in [2.75, 3.05) is 6.54 Å². The Morgan fingerprint density at radius 3 is 2.41 bits per heavy atom. The quantitative estimate of drug-likeness (QED) is 0.0984. The first-order valence-electron chi connectivity index (χ1n) is 13.5. The Balaban J connectivity index is 1.72. The SMILES string of the molecule is CC(C)n1c(C=C[C@H](O)C[C@H](O)CC(=O)NC(CCCN=C(N)N)C(=O)O)c(-c2ccc(F)cc2)c2ccccc21. The molecule has 1 unspecified atom stereocenters. The molecular formula is C30H38FN5O5. The van der Waals surface area contributed by atoms with Crippen LogP contribution in [0.1, 0.15) is 51.3 Å². The van der Waals surface area contributed by atoms with Crippen molar-refractivity contribution in [1.82, 2.24) is 9.88 Å². The normalized spacial score (nSPS) is 13.8. The molecule has 0 aliphatic rings. The van der Waals surface area contributed by atoms with Crippen molar-refractivity contribution in [1.29, 1.82) is 0 Å². The van der Waals surface area contributed by atoms with Gasteiger partial charge in [0.05, 0.1) is 18.6 Å². The minimum atomic E-state index is -1.21. The number of hydrogen-bond acceptors (Lipinski definition) is 5. The van der Waals surface area contributed by atoms with Crippen LogP contribution in [0.4, 0.5) is 4.39 Å². The van der Waals surface area contributed by atoms with Crippen LogP contribution in [0, 0.1) is 5.82 Å². The predicted molar refractivity (Wildman–Crippen MR) is 157 cm³/mol. The number of rotatable bonds is 14. The van der Waals surface area contributed by atoms with Crippen LogP contribution < -0.4 is 16.8 Å². The number of halogens is 1. The second kappa shape index (κ2) is 14.4. The number of carbonyl (C=O) groups excluding carboxylic acids is 1. The number of benzene rings is 2. The van der Waals surface area contributed by atoms with Crippen LogP contribution in [0.3, 0.4) is 0 Å². The van der Waals surface area contributed by atoms with E-state index < -0.39 is 30.1 Å². The molecule has 1 amide bonds. The Kier molecular flexibility index (Phi) is 11.0. The number of carboxylic acid groups (broad SMARTS) is 1. The van der Waals surface area contributed by atoms with Crippen LogP contribution in [-0.2, 0) is 9.59 Å². The fourth-order valence-corrected chi connectivity index (χ4v) is 4.79. The average molecular weight is 568 g/mol. The predicted octanol–water partition coefficient (Wildman–Crippen LogP) is 3.17. The van der Waals surface area contributed by atoms with E-state index >= 15 is 0 Å². The van der Waals surface area contributed by atoms with E-state index in [0.29, 0.717) is 6.42 Å². The fraction of sp³-hybridized carbons (Fsp3) is 0.367. The van der Waals surface area contributed by atoms with Gasteiger partial charge in [-0.1, -0.05) is 36.4 Å². The van der Waals surface area contributed by atoms with Crippen molar-refractivity contribution in [3.63, 3.8) is 0 Å². The zero-order valence-electron chi connectivity index (χ0n) is 23.2. The molecule has 2 aromatic carbocycles. The molecule has 11 heteroatoms. The minimum absolute atomic E-state index is 0.0711. The highest BCUT2D eigenvalue weighted by Crippen LogP contribution is 2.38. The Hall–Kier alpha value is -4.22. The third-order valence-corrected chi connectivity index (χ3v) is 6.59. The number of carboxylic acids is 1. The molecule has 10 nitrogen and oxygen atoms in total.